The molecular weight excluding hydrogens is 208 g/mol. The molecule has 1 saturated heterocycles. The second-order valence-electron chi connectivity index (χ2n) is 4.25. The number of hydrogen-bond acceptors (Lipinski definition) is 2. The van der Waals surface area contributed by atoms with Gasteiger partial charge in [-0.2, -0.15) is 0 Å². The largest absolute Gasteiger partial charge is 0.299 e. The van der Waals surface area contributed by atoms with Gasteiger partial charge in [-0.1, -0.05) is 6.07 Å². The van der Waals surface area contributed by atoms with E-state index < -0.39 is 0 Å². The molecule has 2 unspecified atom stereocenters. The molecule has 0 spiro atoms. The van der Waals surface area contributed by atoms with E-state index in [9.17, 15) is 0 Å². The molecule has 1 aliphatic heterocycles. The molecule has 2 rings (SSSR count). The highest BCUT2D eigenvalue weighted by molar-refractivity contribution is 6.21. The molecule has 1 aromatic rings. The van der Waals surface area contributed by atoms with Gasteiger partial charge in [0.15, 0.2) is 0 Å². The third kappa shape index (κ3) is 2.93. The Bertz CT molecular complexity index is 302. The summed E-state index contributed by atoms with van der Waals surface area (Å²) >= 11 is 6.13. The molecule has 0 bridgehead atoms. The van der Waals surface area contributed by atoms with Crippen molar-refractivity contribution >= 4 is 11.6 Å². The van der Waals surface area contributed by atoms with E-state index in [-0.39, 0.29) is 0 Å². The summed E-state index contributed by atoms with van der Waals surface area (Å²) in [5, 5.41) is 0.337. The van der Waals surface area contributed by atoms with E-state index >= 15 is 0 Å². The predicted molar refractivity (Wildman–Crippen MR) is 63.2 cm³/mol. The number of aromatic nitrogens is 1. The molecule has 2 heterocycles. The van der Waals surface area contributed by atoms with Crippen LogP contribution in [-0.4, -0.2) is 34.4 Å². The van der Waals surface area contributed by atoms with Crippen LogP contribution in [0.25, 0.3) is 0 Å². The van der Waals surface area contributed by atoms with E-state index in [1.165, 1.54) is 5.69 Å². The second kappa shape index (κ2) is 4.95. The number of alkyl halides is 1. The van der Waals surface area contributed by atoms with Crippen molar-refractivity contribution in [2.75, 3.05) is 13.1 Å². The Kier molecular flexibility index (Phi) is 3.60. The van der Waals surface area contributed by atoms with E-state index in [0.29, 0.717) is 11.4 Å². The van der Waals surface area contributed by atoms with Crippen LogP contribution in [0.5, 0.6) is 0 Å². The number of nitrogens with zero attached hydrogens (tertiary/aromatic N) is 2. The summed E-state index contributed by atoms with van der Waals surface area (Å²) < 4.78 is 0. The molecule has 82 valence electrons. The molecule has 15 heavy (non-hydrogen) atoms. The minimum atomic E-state index is 0.337. The standard InChI is InChI=1S/C12H17ClN2/c1-10-8-11(13)9-15(10)7-5-12-4-2-3-6-14-12/h2-4,6,10-11H,5,7-9H2,1H3. The van der Waals surface area contributed by atoms with Crippen LogP contribution in [0.1, 0.15) is 19.0 Å². The lowest BCUT2D eigenvalue weighted by atomic mass is 10.2. The maximum absolute atomic E-state index is 6.13. The molecule has 1 aliphatic rings. The van der Waals surface area contributed by atoms with E-state index in [2.05, 4.69) is 22.9 Å². The average Bonchev–Trinajstić information content (AvgIpc) is 2.56. The summed E-state index contributed by atoms with van der Waals surface area (Å²) in [6, 6.07) is 6.70. The fourth-order valence-corrected chi connectivity index (χ4v) is 2.58. The molecule has 1 aromatic heterocycles. The van der Waals surface area contributed by atoms with Crippen LogP contribution >= 0.6 is 11.6 Å². The lowest BCUT2D eigenvalue weighted by Crippen LogP contribution is -2.29. The zero-order valence-electron chi connectivity index (χ0n) is 9.06. The maximum atomic E-state index is 6.13. The number of likely N-dealkylation sites (tertiary alicyclic amines) is 1. The van der Waals surface area contributed by atoms with Gasteiger partial charge in [0.2, 0.25) is 0 Å². The van der Waals surface area contributed by atoms with Gasteiger partial charge in [0.05, 0.1) is 0 Å². The van der Waals surface area contributed by atoms with E-state index in [4.69, 9.17) is 11.6 Å². The molecule has 0 amide bonds. The first kappa shape index (κ1) is 10.9. The summed E-state index contributed by atoms with van der Waals surface area (Å²) in [5.41, 5.74) is 1.17. The van der Waals surface area contributed by atoms with Crippen molar-refractivity contribution in [2.24, 2.45) is 0 Å². The molecule has 0 radical (unpaired) electrons. The van der Waals surface area contributed by atoms with Gasteiger partial charge in [0.25, 0.3) is 0 Å². The highest BCUT2D eigenvalue weighted by atomic mass is 35.5. The third-order valence-corrected chi connectivity index (χ3v) is 3.35. The topological polar surface area (TPSA) is 16.1 Å². The van der Waals surface area contributed by atoms with Crippen LogP contribution in [0.15, 0.2) is 24.4 Å². The molecule has 1 fully saturated rings. The number of pyridine rings is 1. The molecule has 0 aliphatic carbocycles. The van der Waals surface area contributed by atoms with Gasteiger partial charge in [0, 0.05) is 42.8 Å². The monoisotopic (exact) mass is 224 g/mol. The molecule has 3 heteroatoms. The highest BCUT2D eigenvalue weighted by Crippen LogP contribution is 2.21. The van der Waals surface area contributed by atoms with Gasteiger partial charge < -0.3 is 0 Å². The number of rotatable bonds is 3. The van der Waals surface area contributed by atoms with Gasteiger partial charge in [-0.05, 0) is 25.5 Å². The fourth-order valence-electron chi connectivity index (χ4n) is 2.14. The Labute approximate surface area is 96.3 Å². The molecular formula is C12H17ClN2. The minimum absolute atomic E-state index is 0.337. The highest BCUT2D eigenvalue weighted by Gasteiger charge is 2.26. The van der Waals surface area contributed by atoms with E-state index in [0.717, 1.165) is 25.9 Å². The van der Waals surface area contributed by atoms with Crippen molar-refractivity contribution in [3.63, 3.8) is 0 Å². The summed E-state index contributed by atoms with van der Waals surface area (Å²) in [5.74, 6) is 0. The minimum Gasteiger partial charge on any atom is -0.299 e. The van der Waals surface area contributed by atoms with Gasteiger partial charge in [-0.3, -0.25) is 9.88 Å². The molecule has 0 saturated carbocycles. The second-order valence-corrected chi connectivity index (χ2v) is 4.87. The fraction of sp³-hybridized carbons (Fsp3) is 0.583. The average molecular weight is 225 g/mol. The SMILES string of the molecule is CC1CC(Cl)CN1CCc1ccccn1. The van der Waals surface area contributed by atoms with Crippen molar-refractivity contribution in [2.45, 2.75) is 31.2 Å². The zero-order valence-corrected chi connectivity index (χ0v) is 9.82. The number of hydrogen-bond donors (Lipinski definition) is 0. The van der Waals surface area contributed by atoms with Crippen LogP contribution in [0.2, 0.25) is 0 Å². The molecule has 2 atom stereocenters. The van der Waals surface area contributed by atoms with Gasteiger partial charge >= 0.3 is 0 Å². The van der Waals surface area contributed by atoms with Crippen LogP contribution in [0.4, 0.5) is 0 Å². The van der Waals surface area contributed by atoms with Crippen LogP contribution in [-0.2, 0) is 6.42 Å². The van der Waals surface area contributed by atoms with Crippen LogP contribution in [0, 0.1) is 0 Å². The quantitative estimate of drug-likeness (QED) is 0.733. The van der Waals surface area contributed by atoms with E-state index in [1.807, 2.05) is 18.3 Å². The van der Waals surface area contributed by atoms with Gasteiger partial charge in [-0.25, -0.2) is 0 Å². The van der Waals surface area contributed by atoms with Crippen molar-refractivity contribution < 1.29 is 0 Å². The van der Waals surface area contributed by atoms with Crippen molar-refractivity contribution in [1.29, 1.82) is 0 Å². The normalized spacial score (nSPS) is 27.1. The first-order valence-corrected chi connectivity index (χ1v) is 5.97. The Balaban J connectivity index is 1.84. The number of halogens is 1. The Hall–Kier alpha value is -0.600. The van der Waals surface area contributed by atoms with E-state index in [1.54, 1.807) is 0 Å². The Morgan fingerprint density at radius 3 is 3.00 bits per heavy atom. The molecule has 0 aromatic carbocycles. The van der Waals surface area contributed by atoms with Crippen molar-refractivity contribution in [3.05, 3.63) is 30.1 Å². The van der Waals surface area contributed by atoms with Crippen LogP contribution in [0.3, 0.4) is 0 Å². The summed E-state index contributed by atoms with van der Waals surface area (Å²) in [6.45, 7) is 4.34. The Morgan fingerprint density at radius 1 is 1.53 bits per heavy atom. The van der Waals surface area contributed by atoms with Crippen molar-refractivity contribution in [3.8, 4) is 0 Å². The first-order valence-electron chi connectivity index (χ1n) is 5.54. The lowest BCUT2D eigenvalue weighted by Gasteiger charge is -2.20. The zero-order chi connectivity index (χ0) is 10.7. The Morgan fingerprint density at radius 2 is 2.40 bits per heavy atom. The molecule has 2 nitrogen and oxygen atoms in total. The summed E-state index contributed by atoms with van der Waals surface area (Å²) in [7, 11) is 0. The summed E-state index contributed by atoms with van der Waals surface area (Å²) in [6.07, 6.45) is 3.99. The third-order valence-electron chi connectivity index (χ3n) is 3.03. The predicted octanol–water partition coefficient (Wildman–Crippen LogP) is 2.33. The van der Waals surface area contributed by atoms with Crippen molar-refractivity contribution in [1.82, 2.24) is 9.88 Å². The van der Waals surface area contributed by atoms with Gasteiger partial charge in [0.1, 0.15) is 0 Å². The van der Waals surface area contributed by atoms with Gasteiger partial charge in [-0.15, -0.1) is 11.6 Å². The first-order chi connectivity index (χ1) is 7.25. The maximum Gasteiger partial charge on any atom is 0.0478 e. The van der Waals surface area contributed by atoms with Crippen LogP contribution < -0.4 is 0 Å². The molecule has 0 N–H and O–H groups in total. The smallest absolute Gasteiger partial charge is 0.0478 e. The summed E-state index contributed by atoms with van der Waals surface area (Å²) in [4.78, 5) is 6.77. The lowest BCUT2D eigenvalue weighted by molar-refractivity contribution is 0.272.